The van der Waals surface area contributed by atoms with Crippen molar-refractivity contribution < 1.29 is 13.3 Å². The van der Waals surface area contributed by atoms with Crippen molar-refractivity contribution in [3.05, 3.63) is 0 Å². The van der Waals surface area contributed by atoms with E-state index in [1.165, 1.54) is 0 Å². The molecule has 0 aliphatic heterocycles. The van der Waals surface area contributed by atoms with E-state index in [0.29, 0.717) is 0 Å². The number of hydrogen-bond donors (Lipinski definition) is 1. The van der Waals surface area contributed by atoms with Gasteiger partial charge in [0, 0.05) is 6.26 Å². The highest BCUT2D eigenvalue weighted by atomic mass is 32.2. The molecule has 0 amide bonds. The zero-order valence-electron chi connectivity index (χ0n) is 6.42. The van der Waals surface area contributed by atoms with Crippen LogP contribution in [-0.4, -0.2) is 26.0 Å². The smallest absolute Gasteiger partial charge is 0.150 e. The SMILES string of the molecule is CC(C)(CS(C)(=O)=O)ON. The van der Waals surface area contributed by atoms with Crippen molar-refractivity contribution in [2.45, 2.75) is 19.4 Å². The van der Waals surface area contributed by atoms with Crippen LogP contribution >= 0.6 is 0 Å². The molecule has 62 valence electrons. The van der Waals surface area contributed by atoms with Crippen LogP contribution in [0.2, 0.25) is 0 Å². The van der Waals surface area contributed by atoms with Crippen LogP contribution in [0.15, 0.2) is 0 Å². The van der Waals surface area contributed by atoms with Crippen molar-refractivity contribution in [3.8, 4) is 0 Å². The predicted octanol–water partition coefficient (Wildman–Crippen LogP) is -0.300. The second kappa shape index (κ2) is 2.86. The maximum atomic E-state index is 10.7. The Kier molecular flexibility index (Phi) is 2.82. The van der Waals surface area contributed by atoms with E-state index in [-0.39, 0.29) is 5.75 Å². The highest BCUT2D eigenvalue weighted by molar-refractivity contribution is 7.90. The van der Waals surface area contributed by atoms with Crippen LogP contribution in [0.25, 0.3) is 0 Å². The lowest BCUT2D eigenvalue weighted by Crippen LogP contribution is -2.35. The van der Waals surface area contributed by atoms with Gasteiger partial charge in [-0.1, -0.05) is 0 Å². The summed E-state index contributed by atoms with van der Waals surface area (Å²) in [6, 6.07) is 0. The molecule has 0 heterocycles. The summed E-state index contributed by atoms with van der Waals surface area (Å²) in [5, 5.41) is 0. The van der Waals surface area contributed by atoms with Gasteiger partial charge < -0.3 is 0 Å². The normalized spacial score (nSPS) is 13.6. The highest BCUT2D eigenvalue weighted by Gasteiger charge is 2.23. The van der Waals surface area contributed by atoms with Gasteiger partial charge >= 0.3 is 0 Å². The Hall–Kier alpha value is -0.130. The first kappa shape index (κ1) is 9.87. The standard InChI is InChI=1S/C5H13NO3S/c1-5(2,9-6)4-10(3,7)8/h4,6H2,1-3H3. The summed E-state index contributed by atoms with van der Waals surface area (Å²) in [7, 11) is -3.00. The summed E-state index contributed by atoms with van der Waals surface area (Å²) in [6.07, 6.45) is 1.15. The zero-order chi connectivity index (χ0) is 8.41. The minimum absolute atomic E-state index is 0.0590. The molecular weight excluding hydrogens is 154 g/mol. The van der Waals surface area contributed by atoms with Gasteiger partial charge in [-0.3, -0.25) is 4.84 Å². The molecule has 0 saturated heterocycles. The molecule has 5 heteroatoms. The molecule has 0 atom stereocenters. The monoisotopic (exact) mass is 167 g/mol. The van der Waals surface area contributed by atoms with Gasteiger partial charge in [0.05, 0.1) is 11.4 Å². The van der Waals surface area contributed by atoms with Gasteiger partial charge in [-0.2, -0.15) is 0 Å². The van der Waals surface area contributed by atoms with Crippen LogP contribution in [0.3, 0.4) is 0 Å². The van der Waals surface area contributed by atoms with Crippen LogP contribution < -0.4 is 5.90 Å². The summed E-state index contributed by atoms with van der Waals surface area (Å²) in [5.41, 5.74) is -0.784. The van der Waals surface area contributed by atoms with Crippen LogP contribution in [0, 0.1) is 0 Å². The van der Waals surface area contributed by atoms with E-state index in [0.717, 1.165) is 6.26 Å². The van der Waals surface area contributed by atoms with Gasteiger partial charge in [0.1, 0.15) is 9.84 Å². The average Bonchev–Trinajstić information content (AvgIpc) is 1.60. The molecule has 0 aromatic carbocycles. The second-order valence-corrected chi connectivity index (χ2v) is 5.09. The van der Waals surface area contributed by atoms with E-state index in [4.69, 9.17) is 5.90 Å². The highest BCUT2D eigenvalue weighted by Crippen LogP contribution is 2.08. The van der Waals surface area contributed by atoms with Crippen molar-refractivity contribution in [1.29, 1.82) is 0 Å². The molecule has 0 aliphatic rings. The molecule has 0 rings (SSSR count). The first-order valence-corrected chi connectivity index (χ1v) is 4.88. The fraction of sp³-hybridized carbons (Fsp3) is 1.00. The zero-order valence-corrected chi connectivity index (χ0v) is 7.23. The molecule has 0 aromatic heterocycles. The Labute approximate surface area is 61.2 Å². The number of sulfone groups is 1. The molecular formula is C5H13NO3S. The molecule has 2 N–H and O–H groups in total. The Morgan fingerprint density at radius 1 is 1.50 bits per heavy atom. The summed E-state index contributed by atoms with van der Waals surface area (Å²) in [5.74, 6) is 4.79. The van der Waals surface area contributed by atoms with Crippen LogP contribution in [0.4, 0.5) is 0 Å². The van der Waals surface area contributed by atoms with Crippen molar-refractivity contribution >= 4 is 9.84 Å². The molecule has 10 heavy (non-hydrogen) atoms. The first-order chi connectivity index (χ1) is 4.27. The lowest BCUT2D eigenvalue weighted by molar-refractivity contribution is -0.00155. The molecule has 0 radical (unpaired) electrons. The molecule has 0 saturated carbocycles. The average molecular weight is 167 g/mol. The van der Waals surface area contributed by atoms with Gasteiger partial charge in [0.25, 0.3) is 0 Å². The molecule has 0 aromatic rings. The minimum Gasteiger partial charge on any atom is -0.298 e. The van der Waals surface area contributed by atoms with E-state index >= 15 is 0 Å². The fourth-order valence-corrected chi connectivity index (χ4v) is 2.00. The quantitative estimate of drug-likeness (QED) is 0.586. The maximum absolute atomic E-state index is 10.7. The summed E-state index contributed by atoms with van der Waals surface area (Å²) in [4.78, 5) is 4.43. The fourth-order valence-electron chi connectivity index (χ4n) is 0.665. The first-order valence-electron chi connectivity index (χ1n) is 2.82. The predicted molar refractivity (Wildman–Crippen MR) is 39.1 cm³/mol. The van der Waals surface area contributed by atoms with Crippen molar-refractivity contribution in [2.75, 3.05) is 12.0 Å². The molecule has 0 bridgehead atoms. The molecule has 4 nitrogen and oxygen atoms in total. The number of nitrogens with two attached hydrogens (primary N) is 1. The van der Waals surface area contributed by atoms with Gasteiger partial charge in [0.2, 0.25) is 0 Å². The van der Waals surface area contributed by atoms with Crippen LogP contribution in [0.1, 0.15) is 13.8 Å². The van der Waals surface area contributed by atoms with E-state index in [9.17, 15) is 8.42 Å². The molecule has 0 aliphatic carbocycles. The van der Waals surface area contributed by atoms with Gasteiger partial charge in [0.15, 0.2) is 0 Å². The Morgan fingerprint density at radius 2 is 1.90 bits per heavy atom. The third-order valence-electron chi connectivity index (χ3n) is 0.929. The molecule has 0 unspecified atom stereocenters. The Balaban J connectivity index is 4.16. The topological polar surface area (TPSA) is 69.4 Å². The Morgan fingerprint density at radius 3 is 2.00 bits per heavy atom. The number of rotatable bonds is 3. The van der Waals surface area contributed by atoms with E-state index in [1.807, 2.05) is 0 Å². The van der Waals surface area contributed by atoms with E-state index in [2.05, 4.69) is 4.84 Å². The Bertz CT molecular complexity index is 195. The lowest BCUT2D eigenvalue weighted by Gasteiger charge is -2.19. The second-order valence-electron chi connectivity index (χ2n) is 2.95. The van der Waals surface area contributed by atoms with Crippen LogP contribution in [-0.2, 0) is 14.7 Å². The third kappa shape index (κ3) is 4.72. The maximum Gasteiger partial charge on any atom is 0.150 e. The van der Waals surface area contributed by atoms with Gasteiger partial charge in [-0.05, 0) is 13.8 Å². The van der Waals surface area contributed by atoms with Crippen molar-refractivity contribution in [1.82, 2.24) is 0 Å². The van der Waals surface area contributed by atoms with Gasteiger partial charge in [-0.25, -0.2) is 14.3 Å². The minimum atomic E-state index is -3.00. The van der Waals surface area contributed by atoms with Crippen LogP contribution in [0.5, 0.6) is 0 Å². The van der Waals surface area contributed by atoms with E-state index in [1.54, 1.807) is 13.8 Å². The largest absolute Gasteiger partial charge is 0.298 e. The van der Waals surface area contributed by atoms with Crippen molar-refractivity contribution in [2.24, 2.45) is 5.90 Å². The van der Waals surface area contributed by atoms with Crippen molar-refractivity contribution in [3.63, 3.8) is 0 Å². The number of hydrogen-bond acceptors (Lipinski definition) is 4. The third-order valence-corrected chi connectivity index (χ3v) is 2.15. The molecule has 0 fully saturated rings. The summed E-state index contributed by atoms with van der Waals surface area (Å²) in [6.45, 7) is 3.24. The van der Waals surface area contributed by atoms with E-state index < -0.39 is 15.4 Å². The van der Waals surface area contributed by atoms with Gasteiger partial charge in [-0.15, -0.1) is 0 Å². The molecule has 0 spiro atoms. The summed E-state index contributed by atoms with van der Waals surface area (Å²) < 4.78 is 21.3. The lowest BCUT2D eigenvalue weighted by atomic mass is 10.2. The summed E-state index contributed by atoms with van der Waals surface area (Å²) >= 11 is 0.